The predicted molar refractivity (Wildman–Crippen MR) is 195 cm³/mol. The topological polar surface area (TPSA) is 69.4 Å². The normalized spacial score (nSPS) is 13.7. The summed E-state index contributed by atoms with van der Waals surface area (Å²) in [4.78, 5) is 11.2. The first kappa shape index (κ1) is 32.0. The fourth-order valence-electron chi connectivity index (χ4n) is 6.34. The van der Waals surface area contributed by atoms with E-state index in [1.807, 2.05) is 25.1 Å². The Morgan fingerprint density at radius 3 is 2.52 bits per heavy atom. The Hall–Kier alpha value is -4.59. The molecule has 244 valence electrons. The molecule has 48 heavy (non-hydrogen) atoms. The number of rotatable bonds is 7. The van der Waals surface area contributed by atoms with Crippen LogP contribution in [0.3, 0.4) is 0 Å². The summed E-state index contributed by atoms with van der Waals surface area (Å²) in [6.45, 7) is 5.62. The number of fused-ring (bicyclic) bond motifs is 7. The van der Waals surface area contributed by atoms with E-state index >= 15 is 0 Å². The number of aliphatic hydroxyl groups excluding tert-OH is 1. The van der Waals surface area contributed by atoms with Crippen molar-refractivity contribution in [2.24, 2.45) is 0 Å². The lowest BCUT2D eigenvalue weighted by Crippen LogP contribution is -2.17. The lowest BCUT2D eigenvalue weighted by molar-refractivity contribution is 0.150. The summed E-state index contributed by atoms with van der Waals surface area (Å²) in [5, 5.41) is 10.7. The van der Waals surface area contributed by atoms with Gasteiger partial charge in [0, 0.05) is 28.5 Å². The number of ether oxygens (including phenoxy) is 2. The van der Waals surface area contributed by atoms with E-state index in [-0.39, 0.29) is 0 Å². The number of thioether (sulfide) groups is 1. The van der Waals surface area contributed by atoms with Crippen LogP contribution in [-0.2, 0) is 26.0 Å². The van der Waals surface area contributed by atoms with Gasteiger partial charge in [-0.25, -0.2) is 9.97 Å². The third kappa shape index (κ3) is 6.98. The third-order valence-corrected chi connectivity index (χ3v) is 9.88. The Labute approximate surface area is 286 Å². The number of imidazole rings is 1. The molecule has 1 aliphatic rings. The minimum atomic E-state index is -0.447. The summed E-state index contributed by atoms with van der Waals surface area (Å²) in [6, 6.07) is 33.9. The highest BCUT2D eigenvalue weighted by Crippen LogP contribution is 2.32. The van der Waals surface area contributed by atoms with E-state index in [4.69, 9.17) is 19.4 Å². The zero-order valence-electron chi connectivity index (χ0n) is 27.8. The third-order valence-electron chi connectivity index (χ3n) is 9.14. The summed E-state index contributed by atoms with van der Waals surface area (Å²) in [5.74, 6) is 2.33. The predicted octanol–water partition coefficient (Wildman–Crippen LogP) is 9.06. The maximum atomic E-state index is 10.7. The van der Waals surface area contributed by atoms with Crippen LogP contribution >= 0.6 is 11.8 Å². The van der Waals surface area contributed by atoms with Gasteiger partial charge in [0.15, 0.2) is 0 Å². The van der Waals surface area contributed by atoms with Crippen LogP contribution in [0.1, 0.15) is 47.8 Å². The smallest absolute Gasteiger partial charge is 0.214 e. The lowest BCUT2D eigenvalue weighted by atomic mass is 9.96. The van der Waals surface area contributed by atoms with E-state index in [1.54, 1.807) is 11.8 Å². The number of aliphatic hydroxyl groups is 1. The molecule has 7 heteroatoms. The van der Waals surface area contributed by atoms with Crippen LogP contribution < -0.4 is 9.47 Å². The summed E-state index contributed by atoms with van der Waals surface area (Å²) >= 11 is 1.75. The van der Waals surface area contributed by atoms with Gasteiger partial charge in [0.25, 0.3) is 0 Å². The number of aromatic nitrogens is 3. The van der Waals surface area contributed by atoms with Gasteiger partial charge in [-0.05, 0) is 96.7 Å². The molecule has 1 atom stereocenters. The van der Waals surface area contributed by atoms with Gasteiger partial charge in [-0.2, -0.15) is 0 Å². The fourth-order valence-corrected chi connectivity index (χ4v) is 6.75. The molecular weight excluding hydrogens is 615 g/mol. The minimum Gasteiger partial charge on any atom is -0.493 e. The Balaban J connectivity index is 1.22. The van der Waals surface area contributed by atoms with Crippen LogP contribution in [0.25, 0.3) is 33.4 Å². The van der Waals surface area contributed by atoms with Crippen LogP contribution in [0, 0.1) is 6.92 Å². The number of pyridine rings is 1. The highest BCUT2D eigenvalue weighted by atomic mass is 32.2. The quantitative estimate of drug-likeness (QED) is 0.173. The number of hydrogen-bond acceptors (Lipinski definition) is 6. The molecule has 0 saturated carbocycles. The van der Waals surface area contributed by atoms with Gasteiger partial charge in [0.1, 0.15) is 18.2 Å². The van der Waals surface area contributed by atoms with Gasteiger partial charge in [0.2, 0.25) is 5.88 Å². The van der Waals surface area contributed by atoms with Gasteiger partial charge < -0.3 is 19.1 Å². The molecule has 0 aliphatic carbocycles. The molecule has 4 aromatic carbocycles. The van der Waals surface area contributed by atoms with Crippen LogP contribution in [0.15, 0.2) is 102 Å². The van der Waals surface area contributed by atoms with Crippen LogP contribution in [-0.4, -0.2) is 38.6 Å². The van der Waals surface area contributed by atoms with E-state index in [9.17, 15) is 5.11 Å². The van der Waals surface area contributed by atoms with E-state index in [0.29, 0.717) is 38.5 Å². The molecule has 1 aliphatic heterocycles. The maximum absolute atomic E-state index is 10.7. The van der Waals surface area contributed by atoms with Crippen molar-refractivity contribution in [3.8, 4) is 34.0 Å². The standard InChI is InChI=1S/C41H41N3O3S/c1-4-34(45)25-44-38-21-27(2)10-19-37(38)42-40(44)24-32-13-12-31-23-39(32)46-20-6-7-29-22-30(28-15-17-35(48-3)18-16-28)11-14-33(29)26-47-41-9-5-8-36(31)43-41/h5,8-19,21-23,34,45H,4,6-7,20,24-26H2,1-3H3. The molecule has 0 saturated heterocycles. The highest BCUT2D eigenvalue weighted by molar-refractivity contribution is 7.98. The van der Waals surface area contributed by atoms with Gasteiger partial charge in [-0.15, -0.1) is 11.8 Å². The Morgan fingerprint density at radius 1 is 0.854 bits per heavy atom. The van der Waals surface area contributed by atoms with E-state index < -0.39 is 6.10 Å². The molecule has 0 amide bonds. The number of hydrogen-bond donors (Lipinski definition) is 1. The molecule has 1 N–H and O–H groups in total. The molecule has 0 radical (unpaired) electrons. The molecule has 0 fully saturated rings. The molecule has 2 aromatic heterocycles. The first-order chi connectivity index (χ1) is 23.5. The molecule has 6 aromatic rings. The lowest BCUT2D eigenvalue weighted by Gasteiger charge is -2.18. The van der Waals surface area contributed by atoms with E-state index in [2.05, 4.69) is 96.6 Å². The van der Waals surface area contributed by atoms with Crippen molar-refractivity contribution >= 4 is 22.8 Å². The molecular formula is C41H41N3O3S. The van der Waals surface area contributed by atoms with Gasteiger partial charge in [-0.3, -0.25) is 0 Å². The minimum absolute atomic E-state index is 0.447. The molecule has 6 nitrogen and oxygen atoms in total. The van der Waals surface area contributed by atoms with Crippen molar-refractivity contribution in [3.63, 3.8) is 0 Å². The van der Waals surface area contributed by atoms with Crippen molar-refractivity contribution in [1.82, 2.24) is 14.5 Å². The molecule has 3 heterocycles. The average molecular weight is 656 g/mol. The fraction of sp³-hybridized carbons (Fsp3) is 0.268. The molecule has 4 bridgehead atoms. The maximum Gasteiger partial charge on any atom is 0.214 e. The number of nitrogens with zero attached hydrogens (tertiary/aromatic N) is 3. The Bertz CT molecular complexity index is 2050. The van der Waals surface area contributed by atoms with Crippen molar-refractivity contribution < 1.29 is 14.6 Å². The van der Waals surface area contributed by atoms with Crippen LogP contribution in [0.5, 0.6) is 11.6 Å². The molecule has 7 rings (SSSR count). The zero-order chi connectivity index (χ0) is 33.0. The highest BCUT2D eigenvalue weighted by Gasteiger charge is 2.18. The summed E-state index contributed by atoms with van der Waals surface area (Å²) in [5.41, 5.74) is 10.8. The van der Waals surface area contributed by atoms with Crippen molar-refractivity contribution in [3.05, 3.63) is 125 Å². The SMILES string of the molecule is CCC(O)Cn1c(Cc2ccc3cc2OCCCc2cc(-c4ccc(SC)cc4)ccc2COc2cccc-3n2)nc2ccc(C)cc21. The average Bonchev–Trinajstić information content (AvgIpc) is 3.44. The Kier molecular flexibility index (Phi) is 9.50. The van der Waals surface area contributed by atoms with Crippen molar-refractivity contribution in [2.45, 2.75) is 63.7 Å². The molecule has 0 spiro atoms. The van der Waals surface area contributed by atoms with Gasteiger partial charge in [-0.1, -0.05) is 61.5 Å². The first-order valence-corrected chi connectivity index (χ1v) is 18.0. The van der Waals surface area contributed by atoms with Crippen molar-refractivity contribution in [2.75, 3.05) is 12.9 Å². The Morgan fingerprint density at radius 2 is 1.69 bits per heavy atom. The summed E-state index contributed by atoms with van der Waals surface area (Å²) in [6.07, 6.45) is 4.63. The second-order valence-corrected chi connectivity index (χ2v) is 13.4. The second kappa shape index (κ2) is 14.3. The first-order valence-electron chi connectivity index (χ1n) is 16.7. The van der Waals surface area contributed by atoms with Gasteiger partial charge >= 0.3 is 0 Å². The van der Waals surface area contributed by atoms with Crippen LogP contribution in [0.2, 0.25) is 0 Å². The molecule has 1 unspecified atom stereocenters. The number of aryl methyl sites for hydroxylation is 2. The second-order valence-electron chi connectivity index (χ2n) is 12.5. The van der Waals surface area contributed by atoms with Crippen LogP contribution in [0.4, 0.5) is 0 Å². The van der Waals surface area contributed by atoms with Gasteiger partial charge in [0.05, 0.1) is 36.0 Å². The van der Waals surface area contributed by atoms with Crippen molar-refractivity contribution in [1.29, 1.82) is 0 Å². The monoisotopic (exact) mass is 655 g/mol. The summed E-state index contributed by atoms with van der Waals surface area (Å²) < 4.78 is 15.1. The summed E-state index contributed by atoms with van der Waals surface area (Å²) in [7, 11) is 0. The number of benzene rings is 4. The van der Waals surface area contributed by atoms with E-state index in [1.165, 1.54) is 27.1 Å². The largest absolute Gasteiger partial charge is 0.493 e. The zero-order valence-corrected chi connectivity index (χ0v) is 28.6. The van der Waals surface area contributed by atoms with E-state index in [0.717, 1.165) is 57.8 Å².